The summed E-state index contributed by atoms with van der Waals surface area (Å²) in [4.78, 5) is 0. The first-order chi connectivity index (χ1) is 9.33. The van der Waals surface area contributed by atoms with E-state index in [0.717, 1.165) is 34.6 Å². The summed E-state index contributed by atoms with van der Waals surface area (Å²) in [6.45, 7) is 1.16. The summed E-state index contributed by atoms with van der Waals surface area (Å²) in [5.41, 5.74) is 0.879. The number of rotatable bonds is 2. The Kier molecular flexibility index (Phi) is 3.58. The Hall–Kier alpha value is -1.71. The number of hydroxylamine groups is 1. The Labute approximate surface area is 113 Å². The Bertz CT molecular complexity index is 478. The Morgan fingerprint density at radius 1 is 1.05 bits per heavy atom. The molecule has 1 aliphatic carbocycles. The normalized spacial score (nSPS) is 20.3. The van der Waals surface area contributed by atoms with Gasteiger partial charge in [0.15, 0.2) is 23.8 Å². The van der Waals surface area contributed by atoms with E-state index in [1.54, 1.807) is 6.21 Å². The highest BCUT2D eigenvalue weighted by Crippen LogP contribution is 2.30. The van der Waals surface area contributed by atoms with E-state index in [-0.39, 0.29) is 6.04 Å². The van der Waals surface area contributed by atoms with Crippen LogP contribution in [0.5, 0.6) is 11.5 Å². The maximum absolute atomic E-state index is 12.1. The molecule has 0 bridgehead atoms. The average molecular weight is 261 g/mol. The van der Waals surface area contributed by atoms with Crippen molar-refractivity contribution >= 4 is 6.21 Å². The fourth-order valence-corrected chi connectivity index (χ4v) is 2.73. The molecule has 0 aromatic heterocycles. The molecule has 1 aromatic rings. The van der Waals surface area contributed by atoms with E-state index in [4.69, 9.17) is 9.47 Å². The molecule has 102 valence electrons. The van der Waals surface area contributed by atoms with Crippen molar-refractivity contribution in [2.75, 3.05) is 13.2 Å². The number of ether oxygens (including phenoxy) is 2. The fourth-order valence-electron chi connectivity index (χ4n) is 2.73. The van der Waals surface area contributed by atoms with Crippen LogP contribution in [0.1, 0.15) is 37.7 Å². The molecule has 19 heavy (non-hydrogen) atoms. The lowest BCUT2D eigenvalue weighted by molar-refractivity contribution is -0.500. The monoisotopic (exact) mass is 261 g/mol. The van der Waals surface area contributed by atoms with Gasteiger partial charge in [-0.1, -0.05) is 6.42 Å². The smallest absolute Gasteiger partial charge is 0.182 e. The maximum Gasteiger partial charge on any atom is 0.182 e. The summed E-state index contributed by atoms with van der Waals surface area (Å²) in [6.07, 6.45) is 7.27. The van der Waals surface area contributed by atoms with Crippen LogP contribution in [0.15, 0.2) is 18.2 Å². The van der Waals surface area contributed by atoms with Gasteiger partial charge in [0.05, 0.1) is 0 Å². The van der Waals surface area contributed by atoms with Crippen LogP contribution in [0.3, 0.4) is 0 Å². The number of nitrogens with zero attached hydrogens (tertiary/aromatic N) is 1. The van der Waals surface area contributed by atoms with E-state index >= 15 is 0 Å². The van der Waals surface area contributed by atoms with E-state index in [9.17, 15) is 5.21 Å². The molecule has 4 heteroatoms. The molecule has 4 nitrogen and oxygen atoms in total. The number of benzene rings is 1. The Morgan fingerprint density at radius 3 is 2.58 bits per heavy atom. The lowest BCUT2D eigenvalue weighted by Gasteiger charge is -2.21. The van der Waals surface area contributed by atoms with Crippen LogP contribution < -0.4 is 9.47 Å². The molecule has 2 aliphatic rings. The number of hydrogen-bond donors (Lipinski definition) is 0. The second kappa shape index (κ2) is 5.51. The van der Waals surface area contributed by atoms with Gasteiger partial charge in [-0.25, -0.2) is 4.74 Å². The molecule has 0 spiro atoms. The second-order valence-corrected chi connectivity index (χ2v) is 5.18. The first-order valence-electron chi connectivity index (χ1n) is 7.03. The number of fused-ring (bicyclic) bond motifs is 1. The SMILES string of the molecule is [O-][N+](=Cc1ccc2c(c1)OCCO2)C1CCCCC1. The lowest BCUT2D eigenvalue weighted by Crippen LogP contribution is -2.25. The van der Waals surface area contributed by atoms with Crippen LogP contribution in [-0.4, -0.2) is 30.2 Å². The predicted molar refractivity (Wildman–Crippen MR) is 73.1 cm³/mol. The van der Waals surface area contributed by atoms with Crippen LogP contribution in [0.4, 0.5) is 0 Å². The molecular formula is C15H19NO3. The van der Waals surface area contributed by atoms with Crippen molar-refractivity contribution in [3.63, 3.8) is 0 Å². The van der Waals surface area contributed by atoms with Crippen molar-refractivity contribution in [3.8, 4) is 11.5 Å². The van der Waals surface area contributed by atoms with Gasteiger partial charge < -0.3 is 14.7 Å². The van der Waals surface area contributed by atoms with Crippen LogP contribution in [-0.2, 0) is 0 Å². The van der Waals surface area contributed by atoms with Gasteiger partial charge in [-0.05, 0) is 31.0 Å². The summed E-state index contributed by atoms with van der Waals surface area (Å²) in [5, 5.41) is 12.1. The molecule has 0 amide bonds. The summed E-state index contributed by atoms with van der Waals surface area (Å²) in [6, 6.07) is 5.79. The van der Waals surface area contributed by atoms with Gasteiger partial charge in [0.1, 0.15) is 13.2 Å². The summed E-state index contributed by atoms with van der Waals surface area (Å²) < 4.78 is 12.1. The van der Waals surface area contributed by atoms with E-state index in [1.807, 2.05) is 18.2 Å². The molecule has 0 atom stereocenters. The molecule has 1 saturated carbocycles. The van der Waals surface area contributed by atoms with Crippen molar-refractivity contribution < 1.29 is 14.2 Å². The predicted octanol–water partition coefficient (Wildman–Crippen LogP) is 2.72. The van der Waals surface area contributed by atoms with Gasteiger partial charge in [-0.2, -0.15) is 0 Å². The van der Waals surface area contributed by atoms with Crippen molar-refractivity contribution in [3.05, 3.63) is 29.0 Å². The van der Waals surface area contributed by atoms with Gasteiger partial charge in [0.25, 0.3) is 0 Å². The van der Waals surface area contributed by atoms with E-state index in [2.05, 4.69) is 0 Å². The number of hydrogen-bond acceptors (Lipinski definition) is 3. The fraction of sp³-hybridized carbons (Fsp3) is 0.533. The summed E-state index contributed by atoms with van der Waals surface area (Å²) in [7, 11) is 0. The zero-order valence-electron chi connectivity index (χ0n) is 11.0. The highest BCUT2D eigenvalue weighted by atomic mass is 16.6. The lowest BCUT2D eigenvalue weighted by atomic mass is 9.96. The van der Waals surface area contributed by atoms with Gasteiger partial charge in [0.2, 0.25) is 0 Å². The third-order valence-corrected chi connectivity index (χ3v) is 3.78. The molecule has 1 fully saturated rings. The molecule has 0 saturated heterocycles. The molecular weight excluding hydrogens is 242 g/mol. The minimum atomic E-state index is 0.141. The van der Waals surface area contributed by atoms with Crippen molar-refractivity contribution in [1.29, 1.82) is 0 Å². The minimum absolute atomic E-state index is 0.141. The van der Waals surface area contributed by atoms with E-state index in [1.165, 1.54) is 19.3 Å². The van der Waals surface area contributed by atoms with Gasteiger partial charge in [0, 0.05) is 18.4 Å². The highest BCUT2D eigenvalue weighted by Gasteiger charge is 2.20. The van der Waals surface area contributed by atoms with E-state index < -0.39 is 0 Å². The minimum Gasteiger partial charge on any atom is -0.624 e. The van der Waals surface area contributed by atoms with Gasteiger partial charge in [-0.3, -0.25) is 0 Å². The highest BCUT2D eigenvalue weighted by molar-refractivity contribution is 5.77. The zero-order valence-corrected chi connectivity index (χ0v) is 11.0. The van der Waals surface area contributed by atoms with Crippen molar-refractivity contribution in [1.82, 2.24) is 0 Å². The Balaban J connectivity index is 1.77. The molecule has 1 heterocycles. The Morgan fingerprint density at radius 2 is 1.79 bits per heavy atom. The standard InChI is InChI=1S/C15H19NO3/c17-16(13-4-2-1-3-5-13)11-12-6-7-14-15(10-12)19-9-8-18-14/h6-7,10-11,13H,1-5,8-9H2. The van der Waals surface area contributed by atoms with Gasteiger partial charge >= 0.3 is 0 Å². The van der Waals surface area contributed by atoms with Crippen molar-refractivity contribution in [2.45, 2.75) is 38.1 Å². The summed E-state index contributed by atoms with van der Waals surface area (Å²) >= 11 is 0. The quantitative estimate of drug-likeness (QED) is 0.356. The largest absolute Gasteiger partial charge is 0.624 e. The molecule has 0 radical (unpaired) electrons. The molecule has 1 aliphatic heterocycles. The second-order valence-electron chi connectivity index (χ2n) is 5.18. The first-order valence-corrected chi connectivity index (χ1v) is 7.03. The van der Waals surface area contributed by atoms with Gasteiger partial charge in [-0.15, -0.1) is 0 Å². The average Bonchev–Trinajstić information content (AvgIpc) is 2.48. The topological polar surface area (TPSA) is 44.5 Å². The van der Waals surface area contributed by atoms with Crippen LogP contribution in [0.25, 0.3) is 0 Å². The van der Waals surface area contributed by atoms with Crippen molar-refractivity contribution in [2.24, 2.45) is 0 Å². The van der Waals surface area contributed by atoms with Crippen LogP contribution in [0, 0.1) is 5.21 Å². The molecule has 0 unspecified atom stereocenters. The van der Waals surface area contributed by atoms with E-state index in [0.29, 0.717) is 13.2 Å². The molecule has 3 rings (SSSR count). The molecule has 0 N–H and O–H groups in total. The van der Waals surface area contributed by atoms with Crippen LogP contribution >= 0.6 is 0 Å². The maximum atomic E-state index is 12.1. The zero-order chi connectivity index (χ0) is 13.1. The first kappa shape index (κ1) is 12.3. The van der Waals surface area contributed by atoms with Crippen LogP contribution in [0.2, 0.25) is 0 Å². The summed E-state index contributed by atoms with van der Waals surface area (Å²) in [5.74, 6) is 1.50. The third kappa shape index (κ3) is 2.83. The third-order valence-electron chi connectivity index (χ3n) is 3.78. The molecule has 1 aromatic carbocycles.